The molecule has 0 aliphatic carbocycles. The zero-order valence-corrected chi connectivity index (χ0v) is 11.5. The first-order chi connectivity index (χ1) is 8.61. The van der Waals surface area contributed by atoms with Crippen molar-refractivity contribution < 1.29 is 9.18 Å². The van der Waals surface area contributed by atoms with Gasteiger partial charge in [0.25, 0.3) is 0 Å². The molecule has 0 aliphatic heterocycles. The molecule has 0 spiro atoms. The van der Waals surface area contributed by atoms with Crippen molar-refractivity contribution in [1.82, 2.24) is 0 Å². The summed E-state index contributed by atoms with van der Waals surface area (Å²) < 4.78 is 13.7. The molecule has 0 radical (unpaired) electrons. The molecule has 5 heteroatoms. The molecule has 1 atom stereocenters. The normalized spacial score (nSPS) is 11.8. The number of halogens is 2. The molecule has 1 unspecified atom stereocenters. The molecule has 18 heavy (non-hydrogen) atoms. The molecule has 0 fully saturated rings. The molecule has 90 valence electrons. The zero-order chi connectivity index (χ0) is 13.1. The summed E-state index contributed by atoms with van der Waals surface area (Å²) in [6.45, 7) is 0. The number of nitrogens with zero attached hydrogens (tertiary/aromatic N) is 1. The molecular formula is C13H7BrFNOS. The van der Waals surface area contributed by atoms with Crippen molar-refractivity contribution in [3.05, 3.63) is 56.4 Å². The summed E-state index contributed by atoms with van der Waals surface area (Å²) in [5, 5.41) is 10.9. The zero-order valence-electron chi connectivity index (χ0n) is 9.06. The van der Waals surface area contributed by atoms with Crippen LogP contribution in [0.4, 0.5) is 4.39 Å². The minimum absolute atomic E-state index is 0.196. The number of hydrogen-bond acceptors (Lipinski definition) is 3. The fourth-order valence-electron chi connectivity index (χ4n) is 1.57. The summed E-state index contributed by atoms with van der Waals surface area (Å²) in [5.41, 5.74) is 0.196. The third-order valence-electron chi connectivity index (χ3n) is 2.37. The Morgan fingerprint density at radius 2 is 2.22 bits per heavy atom. The molecule has 0 aliphatic rings. The minimum atomic E-state index is -0.876. The van der Waals surface area contributed by atoms with Gasteiger partial charge >= 0.3 is 0 Å². The maximum Gasteiger partial charge on any atom is 0.185 e. The Hall–Kier alpha value is -1.51. The number of carbonyl (C=O) groups is 1. The topological polar surface area (TPSA) is 40.9 Å². The van der Waals surface area contributed by atoms with Crippen LogP contribution in [-0.4, -0.2) is 5.78 Å². The van der Waals surface area contributed by atoms with Gasteiger partial charge in [0.2, 0.25) is 0 Å². The number of rotatable bonds is 3. The highest BCUT2D eigenvalue weighted by Crippen LogP contribution is 2.26. The molecule has 0 bridgehead atoms. The van der Waals surface area contributed by atoms with E-state index in [4.69, 9.17) is 5.26 Å². The van der Waals surface area contributed by atoms with Gasteiger partial charge < -0.3 is 0 Å². The fraction of sp³-hybridized carbons (Fsp3) is 0.0769. The first-order valence-corrected chi connectivity index (χ1v) is 6.72. The highest BCUT2D eigenvalue weighted by atomic mass is 79.9. The first kappa shape index (κ1) is 12.9. The maximum absolute atomic E-state index is 13.2. The van der Waals surface area contributed by atoms with Gasteiger partial charge in [-0.05, 0) is 29.6 Å². The molecule has 0 N–H and O–H groups in total. The van der Waals surface area contributed by atoms with Crippen LogP contribution in [0.1, 0.15) is 21.2 Å². The second-order valence-electron chi connectivity index (χ2n) is 3.60. The Bertz CT molecular complexity index is 598. The van der Waals surface area contributed by atoms with E-state index in [0.29, 0.717) is 9.35 Å². The average molecular weight is 324 g/mol. The summed E-state index contributed by atoms with van der Waals surface area (Å²) in [4.78, 5) is 12.8. The number of carbonyl (C=O) groups excluding carboxylic acids is 1. The Labute approximate surface area is 116 Å². The number of ketones is 1. The second-order valence-corrected chi connectivity index (χ2v) is 5.49. The predicted molar refractivity (Wildman–Crippen MR) is 71.1 cm³/mol. The standard InChI is InChI=1S/C13H7BrFNOS/c14-9-4-8(5-10(15)6-9)13(17)11(7-16)12-2-1-3-18-12/h1-6,11H. The van der Waals surface area contributed by atoms with Crippen LogP contribution >= 0.6 is 27.3 Å². The van der Waals surface area contributed by atoms with Crippen LogP contribution in [0.25, 0.3) is 0 Å². The number of benzene rings is 1. The monoisotopic (exact) mass is 323 g/mol. The van der Waals surface area contributed by atoms with Crippen molar-refractivity contribution in [2.45, 2.75) is 5.92 Å². The third kappa shape index (κ3) is 2.66. The number of nitriles is 1. The van der Waals surface area contributed by atoms with Gasteiger partial charge in [0.15, 0.2) is 5.78 Å². The first-order valence-electron chi connectivity index (χ1n) is 5.05. The molecule has 1 aromatic carbocycles. The molecule has 0 amide bonds. The minimum Gasteiger partial charge on any atom is -0.292 e. The van der Waals surface area contributed by atoms with E-state index in [1.165, 1.54) is 23.5 Å². The van der Waals surface area contributed by atoms with Crippen LogP contribution in [0.15, 0.2) is 40.2 Å². The van der Waals surface area contributed by atoms with Crippen molar-refractivity contribution in [3.63, 3.8) is 0 Å². The van der Waals surface area contributed by atoms with Crippen molar-refractivity contribution in [3.8, 4) is 6.07 Å². The smallest absolute Gasteiger partial charge is 0.185 e. The summed E-state index contributed by atoms with van der Waals surface area (Å²) in [7, 11) is 0. The van der Waals surface area contributed by atoms with Crippen LogP contribution in [0.3, 0.4) is 0 Å². The van der Waals surface area contributed by atoms with Crippen molar-refractivity contribution >= 4 is 33.0 Å². The summed E-state index contributed by atoms with van der Waals surface area (Å²) in [6, 6.07) is 9.40. The highest BCUT2D eigenvalue weighted by Gasteiger charge is 2.23. The van der Waals surface area contributed by atoms with Gasteiger partial charge in [-0.2, -0.15) is 5.26 Å². The van der Waals surface area contributed by atoms with E-state index in [1.54, 1.807) is 17.5 Å². The van der Waals surface area contributed by atoms with Crippen molar-refractivity contribution in [2.24, 2.45) is 0 Å². The van der Waals surface area contributed by atoms with Gasteiger partial charge in [0.05, 0.1) is 6.07 Å². The quantitative estimate of drug-likeness (QED) is 0.796. The van der Waals surface area contributed by atoms with Gasteiger partial charge in [-0.15, -0.1) is 11.3 Å². The van der Waals surface area contributed by atoms with E-state index in [2.05, 4.69) is 15.9 Å². The molecule has 1 heterocycles. The van der Waals surface area contributed by atoms with Crippen LogP contribution in [-0.2, 0) is 0 Å². The molecule has 2 aromatic rings. The predicted octanol–water partition coefficient (Wildman–Crippen LogP) is 4.14. The van der Waals surface area contributed by atoms with Gasteiger partial charge in [-0.3, -0.25) is 4.79 Å². The van der Waals surface area contributed by atoms with Crippen molar-refractivity contribution in [1.29, 1.82) is 5.26 Å². The molecule has 2 nitrogen and oxygen atoms in total. The lowest BCUT2D eigenvalue weighted by molar-refractivity contribution is 0.0979. The van der Waals surface area contributed by atoms with Gasteiger partial charge in [-0.25, -0.2) is 4.39 Å². The SMILES string of the molecule is N#CC(C(=O)c1cc(F)cc(Br)c1)c1cccs1. The van der Waals surface area contributed by atoms with E-state index in [0.717, 1.165) is 6.07 Å². The summed E-state index contributed by atoms with van der Waals surface area (Å²) in [6.07, 6.45) is 0. The Balaban J connectivity index is 2.39. The number of Topliss-reactive ketones (excluding diaryl/α,β-unsaturated/α-hetero) is 1. The summed E-state index contributed by atoms with van der Waals surface area (Å²) >= 11 is 4.47. The van der Waals surface area contributed by atoms with E-state index >= 15 is 0 Å². The second kappa shape index (κ2) is 5.42. The largest absolute Gasteiger partial charge is 0.292 e. The molecule has 0 saturated heterocycles. The van der Waals surface area contributed by atoms with Crippen LogP contribution in [0, 0.1) is 17.1 Å². The van der Waals surface area contributed by atoms with Crippen LogP contribution in [0.2, 0.25) is 0 Å². The molecular weight excluding hydrogens is 317 g/mol. The van der Waals surface area contributed by atoms with E-state index in [-0.39, 0.29) is 11.3 Å². The van der Waals surface area contributed by atoms with Crippen LogP contribution in [0.5, 0.6) is 0 Å². The van der Waals surface area contributed by atoms with Gasteiger partial charge in [0.1, 0.15) is 11.7 Å². The lowest BCUT2D eigenvalue weighted by Gasteiger charge is -2.06. The number of hydrogen-bond donors (Lipinski definition) is 0. The Morgan fingerprint density at radius 1 is 1.44 bits per heavy atom. The van der Waals surface area contributed by atoms with Crippen LogP contribution < -0.4 is 0 Å². The number of thiophene rings is 1. The molecule has 2 rings (SSSR count). The highest BCUT2D eigenvalue weighted by molar-refractivity contribution is 9.10. The van der Waals surface area contributed by atoms with Crippen molar-refractivity contribution in [2.75, 3.05) is 0 Å². The fourth-order valence-corrected chi connectivity index (χ4v) is 2.80. The van der Waals surface area contributed by atoms with Gasteiger partial charge in [0, 0.05) is 14.9 Å². The molecule has 1 aromatic heterocycles. The maximum atomic E-state index is 13.2. The Morgan fingerprint density at radius 3 is 2.78 bits per heavy atom. The van der Waals surface area contributed by atoms with E-state index in [9.17, 15) is 9.18 Å². The van der Waals surface area contributed by atoms with Gasteiger partial charge in [-0.1, -0.05) is 22.0 Å². The Kier molecular flexibility index (Phi) is 3.90. The van der Waals surface area contributed by atoms with E-state index < -0.39 is 11.7 Å². The average Bonchev–Trinajstić information content (AvgIpc) is 2.82. The lowest BCUT2D eigenvalue weighted by Crippen LogP contribution is -2.10. The third-order valence-corrected chi connectivity index (χ3v) is 3.76. The lowest BCUT2D eigenvalue weighted by atomic mass is 9.97. The summed E-state index contributed by atoms with van der Waals surface area (Å²) in [5.74, 6) is -1.77. The molecule has 0 saturated carbocycles. The van der Waals surface area contributed by atoms with E-state index in [1.807, 2.05) is 6.07 Å².